The monoisotopic (exact) mass is 194 g/mol. The summed E-state index contributed by atoms with van der Waals surface area (Å²) in [6.45, 7) is 7.08. The molecule has 0 saturated heterocycles. The molecule has 1 unspecified atom stereocenters. The van der Waals surface area contributed by atoms with Crippen LogP contribution in [0.1, 0.15) is 27.2 Å². The van der Waals surface area contributed by atoms with Crippen molar-refractivity contribution in [3.8, 4) is 0 Å². The third kappa shape index (κ3) is 3.21. The maximum absolute atomic E-state index is 5.48. The molecule has 0 aromatic carbocycles. The molecule has 0 rings (SSSR count). The summed E-state index contributed by atoms with van der Waals surface area (Å²) in [5.41, 5.74) is 0.0503. The van der Waals surface area contributed by atoms with Crippen molar-refractivity contribution in [2.75, 3.05) is 11.9 Å². The minimum absolute atomic E-state index is 0.0503. The molecule has 56 valence electrons. The van der Waals surface area contributed by atoms with Crippen LogP contribution in [0.3, 0.4) is 0 Å². The largest absolute Gasteiger partial charge is 0.375 e. The zero-order valence-corrected chi connectivity index (χ0v) is 7.99. The predicted molar refractivity (Wildman–Crippen MR) is 44.1 cm³/mol. The standard InChI is InChI=1S/C7H15BrO/c1-4-7(3,6-8)9-5-2/h4-6H2,1-3H3. The Kier molecular flexibility index (Phi) is 4.50. The summed E-state index contributed by atoms with van der Waals surface area (Å²) >= 11 is 3.41. The fourth-order valence-electron chi connectivity index (χ4n) is 0.584. The van der Waals surface area contributed by atoms with Crippen molar-refractivity contribution in [1.82, 2.24) is 0 Å². The zero-order chi connectivity index (χ0) is 7.33. The first-order valence-electron chi connectivity index (χ1n) is 3.38. The lowest BCUT2D eigenvalue weighted by Gasteiger charge is -2.25. The molecule has 1 nitrogen and oxygen atoms in total. The van der Waals surface area contributed by atoms with Crippen LogP contribution in [0.4, 0.5) is 0 Å². The van der Waals surface area contributed by atoms with E-state index in [-0.39, 0.29) is 5.60 Å². The molecule has 0 aliphatic carbocycles. The van der Waals surface area contributed by atoms with Crippen LogP contribution < -0.4 is 0 Å². The summed E-state index contributed by atoms with van der Waals surface area (Å²) in [6, 6.07) is 0. The fraction of sp³-hybridized carbons (Fsp3) is 1.00. The summed E-state index contributed by atoms with van der Waals surface area (Å²) in [4.78, 5) is 0. The number of rotatable bonds is 4. The molecule has 0 fully saturated rings. The van der Waals surface area contributed by atoms with Crippen LogP contribution in [0, 0.1) is 0 Å². The summed E-state index contributed by atoms with van der Waals surface area (Å²) in [5, 5.41) is 0.921. The highest BCUT2D eigenvalue weighted by Gasteiger charge is 2.19. The molecule has 0 spiro atoms. The van der Waals surface area contributed by atoms with E-state index in [9.17, 15) is 0 Å². The third-order valence-electron chi connectivity index (χ3n) is 1.52. The maximum atomic E-state index is 5.48. The van der Waals surface area contributed by atoms with Crippen LogP contribution in [0.15, 0.2) is 0 Å². The van der Waals surface area contributed by atoms with Gasteiger partial charge in [-0.15, -0.1) is 0 Å². The van der Waals surface area contributed by atoms with E-state index in [0.29, 0.717) is 0 Å². The maximum Gasteiger partial charge on any atom is 0.0748 e. The second-order valence-corrected chi connectivity index (χ2v) is 2.93. The van der Waals surface area contributed by atoms with Crippen LogP contribution >= 0.6 is 15.9 Å². The Morgan fingerprint density at radius 3 is 2.11 bits per heavy atom. The molecule has 1 atom stereocenters. The molecule has 0 N–H and O–H groups in total. The Labute approximate surface area is 65.9 Å². The predicted octanol–water partition coefficient (Wildman–Crippen LogP) is 2.59. The van der Waals surface area contributed by atoms with E-state index in [1.165, 1.54) is 0 Å². The summed E-state index contributed by atoms with van der Waals surface area (Å²) < 4.78 is 5.48. The van der Waals surface area contributed by atoms with Crippen molar-refractivity contribution >= 4 is 15.9 Å². The Balaban J connectivity index is 3.62. The summed E-state index contributed by atoms with van der Waals surface area (Å²) in [5.74, 6) is 0. The molecule has 0 aromatic heterocycles. The van der Waals surface area contributed by atoms with Gasteiger partial charge in [-0.1, -0.05) is 22.9 Å². The van der Waals surface area contributed by atoms with Crippen LogP contribution in [0.25, 0.3) is 0 Å². The van der Waals surface area contributed by atoms with Gasteiger partial charge in [-0.3, -0.25) is 0 Å². The first-order valence-corrected chi connectivity index (χ1v) is 4.50. The zero-order valence-electron chi connectivity index (χ0n) is 6.41. The van der Waals surface area contributed by atoms with E-state index in [1.807, 2.05) is 6.92 Å². The van der Waals surface area contributed by atoms with Crippen molar-refractivity contribution in [1.29, 1.82) is 0 Å². The van der Waals surface area contributed by atoms with Gasteiger partial charge in [0.15, 0.2) is 0 Å². The number of alkyl halides is 1. The number of hydrogen-bond donors (Lipinski definition) is 0. The van der Waals surface area contributed by atoms with E-state index < -0.39 is 0 Å². The lowest BCUT2D eigenvalue weighted by Crippen LogP contribution is -2.29. The van der Waals surface area contributed by atoms with Gasteiger partial charge < -0.3 is 4.74 Å². The molecule has 0 aliphatic rings. The van der Waals surface area contributed by atoms with Gasteiger partial charge in [0.1, 0.15) is 0 Å². The van der Waals surface area contributed by atoms with Crippen LogP contribution in [-0.2, 0) is 4.74 Å². The van der Waals surface area contributed by atoms with Gasteiger partial charge >= 0.3 is 0 Å². The molecule has 0 amide bonds. The average Bonchev–Trinajstić information content (AvgIpc) is 1.89. The molecule has 0 bridgehead atoms. The molecule has 0 heterocycles. The van der Waals surface area contributed by atoms with Gasteiger partial charge in [0.2, 0.25) is 0 Å². The molecule has 0 saturated carbocycles. The lowest BCUT2D eigenvalue weighted by molar-refractivity contribution is -0.00758. The topological polar surface area (TPSA) is 9.23 Å². The first-order chi connectivity index (χ1) is 4.18. The molecular weight excluding hydrogens is 180 g/mol. The van der Waals surface area contributed by atoms with E-state index in [1.54, 1.807) is 0 Å². The highest BCUT2D eigenvalue weighted by atomic mass is 79.9. The van der Waals surface area contributed by atoms with Gasteiger partial charge in [0.25, 0.3) is 0 Å². The minimum Gasteiger partial charge on any atom is -0.375 e. The van der Waals surface area contributed by atoms with Gasteiger partial charge in [0, 0.05) is 11.9 Å². The van der Waals surface area contributed by atoms with Crippen molar-refractivity contribution in [3.63, 3.8) is 0 Å². The molecule has 9 heavy (non-hydrogen) atoms. The van der Waals surface area contributed by atoms with Crippen molar-refractivity contribution < 1.29 is 4.74 Å². The number of halogens is 1. The average molecular weight is 195 g/mol. The minimum atomic E-state index is 0.0503. The van der Waals surface area contributed by atoms with E-state index in [2.05, 4.69) is 29.8 Å². The SMILES string of the molecule is CCOC(C)(CC)CBr. The van der Waals surface area contributed by atoms with Crippen LogP contribution in [0.2, 0.25) is 0 Å². The lowest BCUT2D eigenvalue weighted by atomic mass is 10.1. The van der Waals surface area contributed by atoms with E-state index in [4.69, 9.17) is 4.74 Å². The Morgan fingerprint density at radius 2 is 2.00 bits per heavy atom. The smallest absolute Gasteiger partial charge is 0.0748 e. The van der Waals surface area contributed by atoms with Crippen molar-refractivity contribution in [3.05, 3.63) is 0 Å². The normalized spacial score (nSPS) is 17.3. The second-order valence-electron chi connectivity index (χ2n) is 2.37. The summed E-state index contributed by atoms with van der Waals surface area (Å²) in [6.07, 6.45) is 1.06. The molecule has 0 aromatic rings. The Hall–Kier alpha value is 0.440. The fourth-order valence-corrected chi connectivity index (χ4v) is 1.14. The van der Waals surface area contributed by atoms with Gasteiger partial charge in [-0.2, -0.15) is 0 Å². The molecular formula is C7H15BrO. The van der Waals surface area contributed by atoms with Gasteiger partial charge in [-0.05, 0) is 20.3 Å². The highest BCUT2D eigenvalue weighted by Crippen LogP contribution is 2.17. The third-order valence-corrected chi connectivity index (χ3v) is 2.71. The van der Waals surface area contributed by atoms with Gasteiger partial charge in [-0.25, -0.2) is 0 Å². The van der Waals surface area contributed by atoms with Crippen molar-refractivity contribution in [2.45, 2.75) is 32.8 Å². The van der Waals surface area contributed by atoms with Crippen LogP contribution in [-0.4, -0.2) is 17.5 Å². The van der Waals surface area contributed by atoms with Gasteiger partial charge in [0.05, 0.1) is 5.60 Å². The molecule has 2 heteroatoms. The first kappa shape index (κ1) is 9.44. The number of hydrogen-bond acceptors (Lipinski definition) is 1. The Bertz CT molecular complexity index is 69.3. The summed E-state index contributed by atoms with van der Waals surface area (Å²) in [7, 11) is 0. The van der Waals surface area contributed by atoms with E-state index >= 15 is 0 Å². The van der Waals surface area contributed by atoms with E-state index in [0.717, 1.165) is 18.4 Å². The Morgan fingerprint density at radius 1 is 1.44 bits per heavy atom. The number of ether oxygens (including phenoxy) is 1. The second kappa shape index (κ2) is 4.29. The molecule has 0 radical (unpaired) electrons. The quantitative estimate of drug-likeness (QED) is 0.626. The van der Waals surface area contributed by atoms with Crippen molar-refractivity contribution in [2.24, 2.45) is 0 Å². The highest BCUT2D eigenvalue weighted by molar-refractivity contribution is 9.09. The van der Waals surface area contributed by atoms with Crippen LogP contribution in [0.5, 0.6) is 0 Å². The molecule has 0 aliphatic heterocycles.